The Bertz CT molecular complexity index is 499. The van der Waals surface area contributed by atoms with Gasteiger partial charge in [-0.3, -0.25) is 0 Å². The maximum atomic E-state index is 10.4. The largest absolute Gasteiger partial charge is 3.00 e. The third kappa shape index (κ3) is 27.1. The van der Waals surface area contributed by atoms with Gasteiger partial charge in [0.1, 0.15) is 6.61 Å². The van der Waals surface area contributed by atoms with E-state index in [1.165, 1.54) is 0 Å². The van der Waals surface area contributed by atoms with Gasteiger partial charge < -0.3 is 34.1 Å². The van der Waals surface area contributed by atoms with Gasteiger partial charge in [0.05, 0.1) is 0 Å². The Morgan fingerprint density at radius 1 is 0.800 bits per heavy atom. The second kappa shape index (κ2) is 20.7. The molecule has 0 aromatic carbocycles. The third-order valence-electron chi connectivity index (χ3n) is 3.71. The molecule has 10 nitrogen and oxygen atoms in total. The van der Waals surface area contributed by atoms with Crippen LogP contribution < -0.4 is 20.4 Å². The van der Waals surface area contributed by atoms with Gasteiger partial charge in [0.15, 0.2) is 6.23 Å². The zero-order chi connectivity index (χ0) is 23.7. The van der Waals surface area contributed by atoms with E-state index in [0.29, 0.717) is 50.0 Å². The van der Waals surface area contributed by atoms with Crippen molar-refractivity contribution < 1.29 is 42.0 Å². The van der Waals surface area contributed by atoms with E-state index < -0.39 is 36.6 Å². The van der Waals surface area contributed by atoms with Crippen molar-refractivity contribution >= 4 is 47.7 Å². The molecule has 2 N–H and O–H groups in total. The molecule has 0 saturated carbocycles. The van der Waals surface area contributed by atoms with Crippen LogP contribution in [0.4, 0.5) is 0 Å². The fourth-order valence-corrected chi connectivity index (χ4v) is 3.09. The first kappa shape index (κ1) is 38.4. The van der Waals surface area contributed by atoms with Gasteiger partial charge >= 0.3 is 25.6 Å². The molecule has 1 fully saturated rings. The zero-order valence-corrected chi connectivity index (χ0v) is 23.6. The topological polar surface area (TPSA) is 182 Å². The number of nitrogens with two attached hydrogens (primary N) is 1. The van der Waals surface area contributed by atoms with E-state index >= 15 is 0 Å². The van der Waals surface area contributed by atoms with Crippen LogP contribution in [0.2, 0.25) is 0 Å². The Hall–Kier alpha value is 1.08. The maximum absolute atomic E-state index is 10.4. The van der Waals surface area contributed by atoms with Crippen LogP contribution in [-0.2, 0) is 27.3 Å². The number of rotatable bonds is 6. The minimum absolute atomic E-state index is 0. The van der Waals surface area contributed by atoms with E-state index in [0.717, 1.165) is 0 Å². The van der Waals surface area contributed by atoms with Crippen LogP contribution in [0.15, 0.2) is 0 Å². The molecule has 0 amide bonds. The Morgan fingerprint density at radius 3 is 1.17 bits per heavy atom. The summed E-state index contributed by atoms with van der Waals surface area (Å²) in [5.74, 6) is 0. The first-order valence-electron chi connectivity index (χ1n) is 9.55. The van der Waals surface area contributed by atoms with Gasteiger partial charge in [-0.25, -0.2) is 0 Å². The van der Waals surface area contributed by atoms with E-state index in [4.69, 9.17) is 5.73 Å². The monoisotopic (exact) mass is 526 g/mol. The summed E-state index contributed by atoms with van der Waals surface area (Å²) in [6, 6.07) is 0. The molecule has 2 unspecified atom stereocenters. The molecule has 0 aliphatic carbocycles. The van der Waals surface area contributed by atoms with Crippen molar-refractivity contribution in [2.24, 2.45) is 5.73 Å². The van der Waals surface area contributed by atoms with Crippen LogP contribution in [0, 0.1) is 0 Å². The average Bonchev–Trinajstić information content (AvgIpc) is 2.69. The third-order valence-corrected chi connectivity index (χ3v) is 10.3. The van der Waals surface area contributed by atoms with E-state index in [1.807, 2.05) is 0 Å². The summed E-state index contributed by atoms with van der Waals surface area (Å²) in [5, 5.41) is 0. The molecule has 0 aromatic heterocycles. The predicted molar refractivity (Wildman–Crippen MR) is 119 cm³/mol. The molecule has 0 bridgehead atoms. The molecule has 1 aliphatic rings. The SMILES string of the molecule is CCP(=O)([O-])CC.CCP(=O)([O-])CC.CCP(=O)([O-])CC.NC1CCO[P+](=O)O1.[Al+3]. The number of hydrogen-bond acceptors (Lipinski definition) is 10. The second-order valence-corrected chi connectivity index (χ2v) is 15.4. The van der Waals surface area contributed by atoms with Crippen LogP contribution in [0.1, 0.15) is 48.0 Å². The minimum Gasteiger partial charge on any atom is -0.799 e. The Balaban J connectivity index is -0.000000149. The van der Waals surface area contributed by atoms with Crippen LogP contribution in [-0.4, -0.2) is 67.2 Å². The van der Waals surface area contributed by atoms with Crippen molar-refractivity contribution in [1.29, 1.82) is 0 Å². The van der Waals surface area contributed by atoms with E-state index in [2.05, 4.69) is 9.05 Å². The summed E-state index contributed by atoms with van der Waals surface area (Å²) in [7, 11) is -10.6. The molecule has 178 valence electrons. The molecular formula is C15H37AlNO9P4+. The second-order valence-electron chi connectivity index (χ2n) is 5.83. The van der Waals surface area contributed by atoms with Crippen molar-refractivity contribution in [2.75, 3.05) is 43.6 Å². The Morgan fingerprint density at radius 2 is 1.07 bits per heavy atom. The van der Waals surface area contributed by atoms with Gasteiger partial charge in [0.2, 0.25) is 0 Å². The first-order chi connectivity index (χ1) is 13.2. The summed E-state index contributed by atoms with van der Waals surface area (Å²) < 4.78 is 50.6. The van der Waals surface area contributed by atoms with Gasteiger partial charge in [-0.05, 0) is 37.0 Å². The van der Waals surface area contributed by atoms with Crippen molar-refractivity contribution in [3.63, 3.8) is 0 Å². The van der Waals surface area contributed by atoms with Crippen LogP contribution in [0.5, 0.6) is 0 Å². The molecule has 0 radical (unpaired) electrons. The minimum atomic E-state index is -2.90. The maximum Gasteiger partial charge on any atom is 3.00 e. The van der Waals surface area contributed by atoms with Crippen LogP contribution in [0.3, 0.4) is 0 Å². The number of hydrogen-bond donors (Lipinski definition) is 1. The quantitative estimate of drug-likeness (QED) is 0.397. The molecule has 1 heterocycles. The average molecular weight is 526 g/mol. The van der Waals surface area contributed by atoms with Crippen LogP contribution in [0.25, 0.3) is 0 Å². The van der Waals surface area contributed by atoms with Crippen molar-refractivity contribution in [1.82, 2.24) is 0 Å². The molecule has 1 aliphatic heterocycles. The predicted octanol–water partition coefficient (Wildman–Crippen LogP) is 1.98. The van der Waals surface area contributed by atoms with E-state index in [1.54, 1.807) is 41.5 Å². The van der Waals surface area contributed by atoms with E-state index in [9.17, 15) is 32.9 Å². The summed E-state index contributed by atoms with van der Waals surface area (Å²) in [6.07, 6.45) is 2.00. The van der Waals surface area contributed by atoms with Gasteiger partial charge in [0.25, 0.3) is 0 Å². The standard InChI is InChI=1S/3C4H11O2P.C3H7NO3P.Al/c3*1-3-7(5,6)4-2;4-3-1-2-6-8(5)7-3;/h3*3-4H2,1-2H3,(H,5,6);3H,1-2,4H2;/q;;;+1;+3/p-3. The van der Waals surface area contributed by atoms with Crippen molar-refractivity contribution in [2.45, 2.75) is 54.2 Å². The smallest absolute Gasteiger partial charge is 0.799 e. The van der Waals surface area contributed by atoms with Gasteiger partial charge in [-0.2, -0.15) is 0 Å². The summed E-state index contributed by atoms with van der Waals surface area (Å²) in [4.78, 5) is 31.2. The molecule has 30 heavy (non-hydrogen) atoms. The molecule has 1 rings (SSSR count). The molecular weight excluding hydrogens is 489 g/mol. The van der Waals surface area contributed by atoms with Crippen molar-refractivity contribution in [3.05, 3.63) is 0 Å². The molecule has 0 aromatic rings. The van der Waals surface area contributed by atoms with Gasteiger partial charge in [-0.1, -0.05) is 41.5 Å². The summed E-state index contributed by atoms with van der Waals surface area (Å²) in [5.41, 5.74) is 5.24. The Kier molecular flexibility index (Phi) is 26.4. The first-order valence-corrected chi connectivity index (χ1v) is 16.6. The zero-order valence-electron chi connectivity index (χ0n) is 18.9. The molecule has 1 saturated heterocycles. The van der Waals surface area contributed by atoms with Crippen molar-refractivity contribution in [3.8, 4) is 0 Å². The summed E-state index contributed by atoms with van der Waals surface area (Å²) >= 11 is 0. The van der Waals surface area contributed by atoms with Crippen LogP contribution >= 0.6 is 30.4 Å². The van der Waals surface area contributed by atoms with E-state index in [-0.39, 0.29) is 17.4 Å². The van der Waals surface area contributed by atoms with Gasteiger partial charge in [-0.15, -0.1) is 9.05 Å². The molecule has 0 spiro atoms. The Labute approximate surface area is 193 Å². The summed E-state index contributed by atoms with van der Waals surface area (Å²) in [6.45, 7) is 10.4. The fourth-order valence-electron chi connectivity index (χ4n) is 1.11. The van der Waals surface area contributed by atoms with Gasteiger partial charge in [0, 0.05) is 33.1 Å². The molecule has 15 heteroatoms. The normalized spacial score (nSPS) is 17.7. The molecule has 2 atom stereocenters. The fraction of sp³-hybridized carbons (Fsp3) is 1.00.